The minimum atomic E-state index is -0.428. The SMILES string of the molecule is Cn1ncc2c(=O)[nH]c(N[C@H]3CCCN(c4ccccc4)C3=O)nc21. The molecule has 1 aromatic carbocycles. The number of anilines is 2. The summed E-state index contributed by atoms with van der Waals surface area (Å²) < 4.78 is 1.54. The topological polar surface area (TPSA) is 95.9 Å². The number of hydrogen-bond donors (Lipinski definition) is 2. The van der Waals surface area contributed by atoms with Crippen LogP contribution >= 0.6 is 0 Å². The summed E-state index contributed by atoms with van der Waals surface area (Å²) in [6.07, 6.45) is 3.04. The van der Waals surface area contributed by atoms with E-state index in [4.69, 9.17) is 0 Å². The molecule has 0 bridgehead atoms. The summed E-state index contributed by atoms with van der Waals surface area (Å²) >= 11 is 0. The molecule has 25 heavy (non-hydrogen) atoms. The maximum Gasteiger partial charge on any atom is 0.263 e. The van der Waals surface area contributed by atoms with E-state index in [0.717, 1.165) is 12.1 Å². The first-order chi connectivity index (χ1) is 12.1. The van der Waals surface area contributed by atoms with Crippen LogP contribution in [0, 0.1) is 0 Å². The second-order valence-corrected chi connectivity index (χ2v) is 6.08. The number of nitrogens with zero attached hydrogens (tertiary/aromatic N) is 4. The molecule has 0 unspecified atom stereocenters. The van der Waals surface area contributed by atoms with Crippen molar-refractivity contribution in [2.24, 2.45) is 7.05 Å². The van der Waals surface area contributed by atoms with Gasteiger partial charge in [-0.15, -0.1) is 0 Å². The van der Waals surface area contributed by atoms with Crippen LogP contribution in [0.5, 0.6) is 0 Å². The van der Waals surface area contributed by atoms with E-state index in [9.17, 15) is 9.59 Å². The minimum Gasteiger partial charge on any atom is -0.344 e. The zero-order valence-corrected chi connectivity index (χ0v) is 13.8. The third-order valence-electron chi connectivity index (χ3n) is 4.42. The maximum absolute atomic E-state index is 12.8. The number of carbonyl (C=O) groups is 1. The lowest BCUT2D eigenvalue weighted by Gasteiger charge is -2.32. The van der Waals surface area contributed by atoms with Crippen LogP contribution in [0.1, 0.15) is 12.8 Å². The summed E-state index contributed by atoms with van der Waals surface area (Å²) in [7, 11) is 1.72. The Labute approximate surface area is 143 Å². The highest BCUT2D eigenvalue weighted by Crippen LogP contribution is 2.22. The molecular formula is C17H18N6O2. The van der Waals surface area contributed by atoms with E-state index in [-0.39, 0.29) is 17.4 Å². The molecule has 1 aliphatic heterocycles. The smallest absolute Gasteiger partial charge is 0.263 e. The number of rotatable bonds is 3. The maximum atomic E-state index is 12.8. The lowest BCUT2D eigenvalue weighted by molar-refractivity contribution is -0.120. The fourth-order valence-electron chi connectivity index (χ4n) is 3.14. The number of nitrogens with one attached hydrogen (secondary N) is 2. The fourth-order valence-corrected chi connectivity index (χ4v) is 3.14. The van der Waals surface area contributed by atoms with Crippen LogP contribution in [0.2, 0.25) is 0 Å². The third kappa shape index (κ3) is 2.75. The second-order valence-electron chi connectivity index (χ2n) is 6.08. The highest BCUT2D eigenvalue weighted by molar-refractivity contribution is 5.99. The average molecular weight is 338 g/mol. The molecule has 2 N–H and O–H groups in total. The Hall–Kier alpha value is -3.16. The van der Waals surface area contributed by atoms with Gasteiger partial charge in [0.25, 0.3) is 5.56 Å². The van der Waals surface area contributed by atoms with E-state index in [2.05, 4.69) is 20.4 Å². The standard InChI is InChI=1S/C17H18N6O2/c1-22-14-12(10-18-22)15(24)21-17(20-14)19-13-8-5-9-23(16(13)25)11-6-3-2-4-7-11/h2-4,6-7,10,13H,5,8-9H2,1H3,(H2,19,20,21,24)/t13-/m0/s1. The van der Waals surface area contributed by atoms with Crippen molar-refractivity contribution in [3.05, 3.63) is 46.9 Å². The first-order valence-corrected chi connectivity index (χ1v) is 8.18. The lowest BCUT2D eigenvalue weighted by Crippen LogP contribution is -2.48. The van der Waals surface area contributed by atoms with Crippen molar-refractivity contribution in [1.82, 2.24) is 19.7 Å². The Morgan fingerprint density at radius 1 is 1.24 bits per heavy atom. The number of para-hydroxylation sites is 1. The van der Waals surface area contributed by atoms with Gasteiger partial charge in [0.1, 0.15) is 11.4 Å². The van der Waals surface area contributed by atoms with Crippen molar-refractivity contribution in [2.45, 2.75) is 18.9 Å². The van der Waals surface area contributed by atoms with Gasteiger partial charge in [-0.1, -0.05) is 18.2 Å². The molecule has 0 spiro atoms. The Kier molecular flexibility index (Phi) is 3.72. The second kappa shape index (κ2) is 6.04. The van der Waals surface area contributed by atoms with Crippen LogP contribution in [-0.4, -0.2) is 38.2 Å². The van der Waals surface area contributed by atoms with Crippen LogP contribution in [0.4, 0.5) is 11.6 Å². The molecule has 3 heterocycles. The quantitative estimate of drug-likeness (QED) is 0.750. The average Bonchev–Trinajstić information content (AvgIpc) is 2.99. The summed E-state index contributed by atoms with van der Waals surface area (Å²) in [5, 5.41) is 7.55. The number of aryl methyl sites for hydroxylation is 1. The fraction of sp³-hybridized carbons (Fsp3) is 0.294. The zero-order chi connectivity index (χ0) is 17.4. The van der Waals surface area contributed by atoms with Gasteiger partial charge in [-0.3, -0.25) is 19.3 Å². The van der Waals surface area contributed by atoms with E-state index in [1.165, 1.54) is 10.9 Å². The largest absolute Gasteiger partial charge is 0.344 e. The van der Waals surface area contributed by atoms with Crippen molar-refractivity contribution in [3.63, 3.8) is 0 Å². The molecule has 1 fully saturated rings. The number of amides is 1. The molecule has 3 aromatic rings. The molecule has 1 saturated heterocycles. The Morgan fingerprint density at radius 2 is 2.04 bits per heavy atom. The zero-order valence-electron chi connectivity index (χ0n) is 13.8. The van der Waals surface area contributed by atoms with Crippen LogP contribution in [0.15, 0.2) is 41.3 Å². The van der Waals surface area contributed by atoms with Gasteiger partial charge >= 0.3 is 0 Å². The first kappa shape index (κ1) is 15.4. The van der Waals surface area contributed by atoms with Crippen molar-refractivity contribution in [2.75, 3.05) is 16.8 Å². The Morgan fingerprint density at radius 3 is 2.84 bits per heavy atom. The molecule has 1 atom stereocenters. The van der Waals surface area contributed by atoms with Gasteiger partial charge in [-0.2, -0.15) is 10.1 Å². The molecule has 0 aliphatic carbocycles. The normalized spacial score (nSPS) is 17.9. The number of aromatic nitrogens is 4. The predicted octanol–water partition coefficient (Wildman–Crippen LogP) is 1.26. The van der Waals surface area contributed by atoms with Gasteiger partial charge in [0, 0.05) is 19.3 Å². The summed E-state index contributed by atoms with van der Waals surface area (Å²) in [4.78, 5) is 33.8. The van der Waals surface area contributed by atoms with Crippen molar-refractivity contribution in [3.8, 4) is 0 Å². The summed E-state index contributed by atoms with van der Waals surface area (Å²) in [5.74, 6) is 0.263. The number of benzene rings is 1. The van der Waals surface area contributed by atoms with Crippen molar-refractivity contribution in [1.29, 1.82) is 0 Å². The molecule has 0 radical (unpaired) electrons. The number of carbonyl (C=O) groups excluding carboxylic acids is 1. The number of piperidine rings is 1. The number of hydrogen-bond acceptors (Lipinski definition) is 5. The summed E-state index contributed by atoms with van der Waals surface area (Å²) in [6, 6.07) is 9.16. The molecule has 1 aliphatic rings. The van der Waals surface area contributed by atoms with Crippen LogP contribution in [-0.2, 0) is 11.8 Å². The molecule has 2 aromatic heterocycles. The predicted molar refractivity (Wildman–Crippen MR) is 94.6 cm³/mol. The highest BCUT2D eigenvalue weighted by atomic mass is 16.2. The lowest BCUT2D eigenvalue weighted by atomic mass is 10.0. The van der Waals surface area contributed by atoms with Crippen molar-refractivity contribution >= 4 is 28.6 Å². The molecule has 4 rings (SSSR count). The highest BCUT2D eigenvalue weighted by Gasteiger charge is 2.30. The van der Waals surface area contributed by atoms with Crippen LogP contribution in [0.3, 0.4) is 0 Å². The summed E-state index contributed by atoms with van der Waals surface area (Å²) in [5.41, 5.74) is 1.08. The van der Waals surface area contributed by atoms with Crippen molar-refractivity contribution < 1.29 is 4.79 Å². The van der Waals surface area contributed by atoms with Gasteiger partial charge in [-0.25, -0.2) is 0 Å². The molecule has 0 saturated carbocycles. The molecule has 8 nitrogen and oxygen atoms in total. The van der Waals surface area contributed by atoms with E-state index < -0.39 is 6.04 Å². The van der Waals surface area contributed by atoms with Crippen LogP contribution < -0.4 is 15.8 Å². The van der Waals surface area contributed by atoms with E-state index in [1.807, 2.05) is 30.3 Å². The third-order valence-corrected chi connectivity index (χ3v) is 4.42. The Balaban J connectivity index is 1.61. The van der Waals surface area contributed by atoms with Gasteiger partial charge in [-0.05, 0) is 25.0 Å². The minimum absolute atomic E-state index is 0.0230. The van der Waals surface area contributed by atoms with Gasteiger partial charge < -0.3 is 10.2 Å². The van der Waals surface area contributed by atoms with Crippen LogP contribution in [0.25, 0.3) is 11.0 Å². The van der Waals surface area contributed by atoms with E-state index in [0.29, 0.717) is 24.0 Å². The molecule has 8 heteroatoms. The number of H-pyrrole nitrogens is 1. The van der Waals surface area contributed by atoms with Gasteiger partial charge in [0.05, 0.1) is 6.20 Å². The van der Waals surface area contributed by atoms with E-state index >= 15 is 0 Å². The first-order valence-electron chi connectivity index (χ1n) is 8.18. The van der Waals surface area contributed by atoms with E-state index in [1.54, 1.807) is 11.9 Å². The Bertz CT molecular complexity index is 978. The van der Waals surface area contributed by atoms with Gasteiger partial charge in [0.15, 0.2) is 5.65 Å². The molecule has 1 amide bonds. The number of fused-ring (bicyclic) bond motifs is 1. The summed E-state index contributed by atoms with van der Waals surface area (Å²) in [6.45, 7) is 0.686. The van der Waals surface area contributed by atoms with Gasteiger partial charge in [0.2, 0.25) is 11.9 Å². The molecular weight excluding hydrogens is 320 g/mol. The number of aromatic amines is 1. The molecule has 128 valence electrons. The monoisotopic (exact) mass is 338 g/mol.